The minimum atomic E-state index is -2.09. The molecule has 12 atom stereocenters. The van der Waals surface area contributed by atoms with Crippen molar-refractivity contribution in [1.82, 2.24) is 31.1 Å². The summed E-state index contributed by atoms with van der Waals surface area (Å²) in [7, 11) is 6.93. The van der Waals surface area contributed by atoms with Crippen LogP contribution in [0.25, 0.3) is 0 Å². The minimum absolute atomic E-state index is 0.0371. The summed E-state index contributed by atoms with van der Waals surface area (Å²) in [4.78, 5) is 56.9. The Morgan fingerprint density at radius 1 is 0.894 bits per heavy atom. The SMILES string of the molecule is [B]=C(O)N1CCC(O)(C(=O)N[C@@H]2C[C@H](NC(=O)OC(C)(C)C)[C@@H](C3OC(CNCC4CC4)=CC[C@H]3NC(=O)OC(C)(C)C)[C@H](O)[C@H]2O[C@H]2OC[C@](C)(O)[C@H](N(C)C(=O)OC(C)(C)C)[C@H]2O)C1. The summed E-state index contributed by atoms with van der Waals surface area (Å²) < 4.78 is 36.0. The van der Waals surface area contributed by atoms with Gasteiger partial charge in [0, 0.05) is 7.05 Å². The number of alkyl carbamates (subject to hydrolysis) is 2. The van der Waals surface area contributed by atoms with Crippen molar-refractivity contribution in [3.63, 3.8) is 0 Å². The van der Waals surface area contributed by atoms with Crippen LogP contribution < -0.4 is 21.3 Å². The first kappa shape index (κ1) is 53.0. The van der Waals surface area contributed by atoms with E-state index >= 15 is 0 Å². The molecule has 2 unspecified atom stereocenters. The maximum absolute atomic E-state index is 14.2. The van der Waals surface area contributed by atoms with Crippen molar-refractivity contribution in [1.29, 1.82) is 0 Å². The fourth-order valence-electron chi connectivity index (χ4n) is 8.89. The molecule has 66 heavy (non-hydrogen) atoms. The Morgan fingerprint density at radius 2 is 1.48 bits per heavy atom. The van der Waals surface area contributed by atoms with Crippen molar-refractivity contribution in [2.24, 2.45) is 11.8 Å². The first-order chi connectivity index (χ1) is 30.4. The summed E-state index contributed by atoms with van der Waals surface area (Å²) in [5.41, 5.74) is -6.69. The van der Waals surface area contributed by atoms with Crippen LogP contribution in [0.4, 0.5) is 14.4 Å². The van der Waals surface area contributed by atoms with E-state index in [2.05, 4.69) is 21.3 Å². The zero-order chi connectivity index (χ0) is 49.3. The number of aliphatic hydroxyl groups excluding tert-OH is 3. The Balaban J connectivity index is 1.57. The fraction of sp³-hybridized carbons (Fsp3) is 0.841. The van der Waals surface area contributed by atoms with Gasteiger partial charge in [-0.05, 0) is 107 Å². The Bertz CT molecular complexity index is 1800. The number of nitrogens with one attached hydrogen (secondary N) is 4. The Hall–Kier alpha value is -3.93. The van der Waals surface area contributed by atoms with Gasteiger partial charge in [0.2, 0.25) is 0 Å². The predicted molar refractivity (Wildman–Crippen MR) is 238 cm³/mol. The quantitative estimate of drug-likeness (QED) is 0.0897. The van der Waals surface area contributed by atoms with E-state index in [1.165, 1.54) is 18.9 Å². The molecule has 0 spiro atoms. The number of carbonyl (C=O) groups is 4. The van der Waals surface area contributed by atoms with Crippen molar-refractivity contribution in [2.75, 3.05) is 39.8 Å². The molecule has 0 aromatic carbocycles. The van der Waals surface area contributed by atoms with Gasteiger partial charge < -0.3 is 30.1 Å². The topological polar surface area (TPSA) is 279 Å². The monoisotopic (exact) mass is 938 g/mol. The van der Waals surface area contributed by atoms with Gasteiger partial charge in [0.25, 0.3) is 0 Å². The van der Waals surface area contributed by atoms with Crippen molar-refractivity contribution in [2.45, 2.75) is 184 Å². The molecule has 4 amide bonds. The molecule has 5 aliphatic rings. The zero-order valence-corrected chi connectivity index (χ0v) is 40.3. The van der Waals surface area contributed by atoms with Gasteiger partial charge in [-0.2, -0.15) is 0 Å². The van der Waals surface area contributed by atoms with Gasteiger partial charge in [-0.1, -0.05) is 0 Å². The summed E-state index contributed by atoms with van der Waals surface area (Å²) >= 11 is 0. The second-order valence-corrected chi connectivity index (χ2v) is 21.7. The Kier molecular flexibility index (Phi) is 16.4. The number of hydrogen-bond donors (Lipinski definition) is 9. The molecule has 1 radical (unpaired) electrons. The molecule has 21 nitrogen and oxygen atoms in total. The number of β-amino-alcohol motifs (C(OH)–C–C–N with tert-alkyl or cyclic N) is 1. The molecule has 2 aliphatic carbocycles. The van der Waals surface area contributed by atoms with Gasteiger partial charge in [-0.3, -0.25) is 0 Å². The van der Waals surface area contributed by atoms with E-state index < -0.39 is 125 Å². The van der Waals surface area contributed by atoms with Gasteiger partial charge in [-0.25, -0.2) is 9.59 Å². The van der Waals surface area contributed by atoms with Crippen LogP contribution in [-0.4, -0.2) is 195 Å². The van der Waals surface area contributed by atoms with Crippen LogP contribution in [0.15, 0.2) is 11.8 Å². The number of carbonyl (C=O) groups excluding carboxylic acids is 4. The molecule has 2 saturated carbocycles. The van der Waals surface area contributed by atoms with Crippen molar-refractivity contribution in [3.05, 3.63) is 11.8 Å². The number of aliphatic hydroxyl groups is 5. The van der Waals surface area contributed by atoms with Crippen LogP contribution >= 0.6 is 0 Å². The molecule has 9 N–H and O–H groups in total. The van der Waals surface area contributed by atoms with E-state index in [4.69, 9.17) is 35.9 Å². The number of nitrogens with zero attached hydrogens (tertiary/aromatic N) is 2. The van der Waals surface area contributed by atoms with Gasteiger partial charge in [-0.15, -0.1) is 0 Å². The van der Waals surface area contributed by atoms with Crippen LogP contribution in [0.1, 0.15) is 101 Å². The molecule has 4 fully saturated rings. The normalized spacial score (nSPS) is 34.0. The second kappa shape index (κ2) is 20.3. The summed E-state index contributed by atoms with van der Waals surface area (Å²) in [5, 5.41) is 69.9. The third-order valence-electron chi connectivity index (χ3n) is 12.1. The summed E-state index contributed by atoms with van der Waals surface area (Å²) in [6.07, 6.45) is -6.46. The molecule has 0 aromatic rings. The first-order valence-electron chi connectivity index (χ1n) is 22.8. The molecule has 0 bridgehead atoms. The van der Waals surface area contributed by atoms with E-state index in [-0.39, 0.29) is 32.4 Å². The van der Waals surface area contributed by atoms with E-state index in [9.17, 15) is 44.7 Å². The average Bonchev–Trinajstić information content (AvgIpc) is 3.89. The maximum atomic E-state index is 14.2. The number of ether oxygens (including phenoxy) is 6. The Morgan fingerprint density at radius 3 is 2.03 bits per heavy atom. The number of likely N-dealkylation sites (tertiary alicyclic amines) is 1. The second-order valence-electron chi connectivity index (χ2n) is 21.7. The van der Waals surface area contributed by atoms with E-state index in [1.807, 2.05) is 6.08 Å². The number of hydrogen-bond acceptors (Lipinski definition) is 17. The van der Waals surface area contributed by atoms with Crippen LogP contribution in [-0.2, 0) is 33.2 Å². The third-order valence-corrected chi connectivity index (χ3v) is 12.1. The third kappa shape index (κ3) is 14.1. The van der Waals surface area contributed by atoms with E-state index in [0.29, 0.717) is 18.2 Å². The van der Waals surface area contributed by atoms with Gasteiger partial charge in [0.1, 0.15) is 28.2 Å². The summed E-state index contributed by atoms with van der Waals surface area (Å²) in [5.74, 6) is -1.64. The number of likely N-dealkylation sites (N-methyl/N-ethyl adjacent to an activating group) is 1. The van der Waals surface area contributed by atoms with Crippen LogP contribution in [0.5, 0.6) is 0 Å². The summed E-state index contributed by atoms with van der Waals surface area (Å²) in [6.45, 7) is 16.8. The van der Waals surface area contributed by atoms with Crippen LogP contribution in [0.3, 0.4) is 0 Å². The molecule has 3 heterocycles. The van der Waals surface area contributed by atoms with Crippen molar-refractivity contribution >= 4 is 37.4 Å². The molecular weight excluding hydrogens is 863 g/mol. The molecule has 0 aromatic heterocycles. The molecule has 22 heteroatoms. The summed E-state index contributed by atoms with van der Waals surface area (Å²) in [6, 6.07) is -4.65. The Labute approximate surface area is 388 Å². The first-order valence-corrected chi connectivity index (χ1v) is 22.8. The van der Waals surface area contributed by atoms with E-state index in [1.54, 1.807) is 62.3 Å². The average molecular weight is 938 g/mol. The van der Waals surface area contributed by atoms with Gasteiger partial charge >= 0.3 is 201 Å². The zero-order valence-electron chi connectivity index (χ0n) is 40.3. The van der Waals surface area contributed by atoms with Crippen molar-refractivity contribution < 1.29 is 73.1 Å². The molecule has 2 saturated heterocycles. The van der Waals surface area contributed by atoms with E-state index in [0.717, 1.165) is 24.3 Å². The standard InChI is InChI=1S/C44H74BN6O15/c1-40(2,3)64-37(56)48-25-15-14-24(20-46-19-23-12-13-23)62-31(25)28-26(49-38(57)65-41(4,5)6)18-27(47-35(54)44(60)16-17-51(21-44)36(45)55)32(29(28)52)63-34-30(53)33(43(10,59)22-61-34)50(11)39(58)66-42(7,8)9/h14,23,25-34,46,52-53,55,59-60H,12-13,15-22H2,1-11H3,(H,47,54)(H,48,56)(H,49,57)/t25-,26+,27-,28-,29+,30-,31?,32+,33-,34-,43+,44?/m1/s1. The van der Waals surface area contributed by atoms with Crippen LogP contribution in [0.2, 0.25) is 0 Å². The number of rotatable bonds is 13. The molecule has 5 rings (SSSR count). The fourth-order valence-corrected chi connectivity index (χ4v) is 8.89. The van der Waals surface area contributed by atoms with Gasteiger partial charge in [0.05, 0.1) is 6.54 Å². The van der Waals surface area contributed by atoms with Crippen molar-refractivity contribution in [3.8, 4) is 0 Å². The molecule has 373 valence electrons. The molecule has 3 aliphatic heterocycles. The predicted octanol–water partition coefficient (Wildman–Crippen LogP) is 0.465. The number of amides is 4. The van der Waals surface area contributed by atoms with Crippen LogP contribution in [0, 0.1) is 11.8 Å². The molecular formula is C44H74BN6O15. The van der Waals surface area contributed by atoms with Gasteiger partial charge in [0.15, 0.2) is 0 Å².